The van der Waals surface area contributed by atoms with Gasteiger partial charge in [-0.3, -0.25) is 14.2 Å². The van der Waals surface area contributed by atoms with Crippen molar-refractivity contribution in [1.29, 1.82) is 0 Å². The highest BCUT2D eigenvalue weighted by Gasteiger charge is 2.24. The topological polar surface area (TPSA) is 71.3 Å². The van der Waals surface area contributed by atoms with Gasteiger partial charge in [0, 0.05) is 34.1 Å². The molecule has 0 saturated heterocycles. The lowest BCUT2D eigenvalue weighted by molar-refractivity contribution is 0.0210. The second-order valence-electron chi connectivity index (χ2n) is 7.93. The van der Waals surface area contributed by atoms with E-state index >= 15 is 0 Å². The minimum atomic E-state index is -0.808. The molecule has 1 fully saturated rings. The van der Waals surface area contributed by atoms with E-state index in [2.05, 4.69) is 5.32 Å². The van der Waals surface area contributed by atoms with Gasteiger partial charge in [-0.25, -0.2) is 0 Å². The zero-order valence-corrected chi connectivity index (χ0v) is 16.6. The Morgan fingerprint density at radius 3 is 2.59 bits per heavy atom. The first kappa shape index (κ1) is 19.4. The highest BCUT2D eigenvalue weighted by Crippen LogP contribution is 2.31. The molecule has 4 rings (SSSR count). The molecule has 1 amide bonds. The number of amides is 1. The number of nitrogens with zero attached hydrogens (tertiary/aromatic N) is 1. The van der Waals surface area contributed by atoms with Crippen molar-refractivity contribution in [2.75, 3.05) is 5.32 Å². The lowest BCUT2D eigenvalue weighted by Crippen LogP contribution is -2.30. The van der Waals surface area contributed by atoms with Gasteiger partial charge in [0.1, 0.15) is 6.23 Å². The van der Waals surface area contributed by atoms with Crippen molar-refractivity contribution < 1.29 is 9.90 Å². The van der Waals surface area contributed by atoms with Gasteiger partial charge in [-0.15, -0.1) is 0 Å². The molecule has 0 radical (unpaired) electrons. The molecule has 0 spiro atoms. The van der Waals surface area contributed by atoms with Gasteiger partial charge in [-0.2, -0.15) is 0 Å². The van der Waals surface area contributed by atoms with Crippen molar-refractivity contribution in [3.05, 3.63) is 76.2 Å². The summed E-state index contributed by atoms with van der Waals surface area (Å²) in [5.74, 6) is -0.101. The largest absolute Gasteiger partial charge is 0.373 e. The van der Waals surface area contributed by atoms with Gasteiger partial charge in [0.15, 0.2) is 0 Å². The van der Waals surface area contributed by atoms with Gasteiger partial charge >= 0.3 is 0 Å². The van der Waals surface area contributed by atoms with E-state index in [1.165, 1.54) is 11.0 Å². The Labute approximate surface area is 170 Å². The first-order valence-corrected chi connectivity index (χ1v) is 10.2. The summed E-state index contributed by atoms with van der Waals surface area (Å²) in [4.78, 5) is 25.7. The van der Waals surface area contributed by atoms with Crippen molar-refractivity contribution in [1.82, 2.24) is 4.57 Å². The van der Waals surface area contributed by atoms with E-state index in [4.69, 9.17) is 0 Å². The maximum atomic E-state index is 13.1. The van der Waals surface area contributed by atoms with Crippen LogP contribution in [0.15, 0.2) is 59.5 Å². The molecule has 1 saturated carbocycles. The zero-order chi connectivity index (χ0) is 20.4. The molecule has 5 heteroatoms. The number of carbonyl (C=O) groups is 1. The van der Waals surface area contributed by atoms with Crippen LogP contribution >= 0.6 is 0 Å². The Morgan fingerprint density at radius 2 is 1.83 bits per heavy atom. The number of pyridine rings is 1. The number of aryl methyl sites for hydroxylation is 1. The maximum absolute atomic E-state index is 13.1. The predicted octanol–water partition coefficient (Wildman–Crippen LogP) is 4.63. The Balaban J connectivity index is 1.66. The molecule has 5 nitrogen and oxygen atoms in total. The third kappa shape index (κ3) is 3.96. The van der Waals surface area contributed by atoms with Gasteiger partial charge in [-0.05, 0) is 50.1 Å². The Hall–Kier alpha value is -2.92. The number of aliphatic hydroxyl groups excluding tert-OH is 1. The monoisotopic (exact) mass is 390 g/mol. The molecular weight excluding hydrogens is 364 g/mol. The van der Waals surface area contributed by atoms with Crippen LogP contribution in [0.2, 0.25) is 0 Å². The number of nitrogens with one attached hydrogen (secondary N) is 1. The highest BCUT2D eigenvalue weighted by atomic mass is 16.3. The van der Waals surface area contributed by atoms with Gasteiger partial charge in [0.25, 0.3) is 11.5 Å². The quantitative estimate of drug-likeness (QED) is 0.682. The van der Waals surface area contributed by atoms with Gasteiger partial charge in [-0.1, -0.05) is 43.0 Å². The Bertz CT molecular complexity index is 1100. The van der Waals surface area contributed by atoms with E-state index in [0.29, 0.717) is 22.0 Å². The molecule has 1 aliphatic carbocycles. The minimum Gasteiger partial charge on any atom is -0.373 e. The fraction of sp³-hybridized carbons (Fsp3) is 0.333. The molecule has 1 heterocycles. The summed E-state index contributed by atoms with van der Waals surface area (Å²) in [6.45, 7) is 1.94. The van der Waals surface area contributed by atoms with Crippen molar-refractivity contribution in [2.24, 2.45) is 5.92 Å². The molecule has 150 valence electrons. The normalized spacial score (nSPS) is 15.9. The number of rotatable bonds is 4. The first-order chi connectivity index (χ1) is 14.0. The molecule has 0 aliphatic heterocycles. The summed E-state index contributed by atoms with van der Waals surface area (Å²) in [5, 5.41) is 14.8. The second kappa shape index (κ2) is 8.21. The Kier molecular flexibility index (Phi) is 5.49. The van der Waals surface area contributed by atoms with E-state index in [1.807, 2.05) is 25.1 Å². The third-order valence-corrected chi connectivity index (χ3v) is 5.86. The van der Waals surface area contributed by atoms with Crippen LogP contribution in [0.5, 0.6) is 0 Å². The fourth-order valence-electron chi connectivity index (χ4n) is 4.25. The predicted molar refractivity (Wildman–Crippen MR) is 115 cm³/mol. The van der Waals surface area contributed by atoms with Crippen LogP contribution in [-0.2, 0) is 0 Å². The van der Waals surface area contributed by atoms with Crippen LogP contribution < -0.4 is 10.9 Å². The standard InChI is InChI=1S/C24H26N2O3/c1-16-7-5-10-18(15-16)22(27)25-21-12-6-11-20-19(21)13-14-26(24(20)29)23(28)17-8-3-2-4-9-17/h5-7,10-15,17,23,28H,2-4,8-9H2,1H3,(H,25,27). The van der Waals surface area contributed by atoms with E-state index in [9.17, 15) is 14.7 Å². The summed E-state index contributed by atoms with van der Waals surface area (Å²) in [7, 11) is 0. The van der Waals surface area contributed by atoms with E-state index in [1.54, 1.807) is 36.5 Å². The van der Waals surface area contributed by atoms with Crippen LogP contribution in [0.4, 0.5) is 5.69 Å². The number of hydrogen-bond donors (Lipinski definition) is 2. The zero-order valence-electron chi connectivity index (χ0n) is 16.6. The molecule has 1 aromatic heterocycles. The molecule has 0 bridgehead atoms. The molecule has 1 unspecified atom stereocenters. The summed E-state index contributed by atoms with van der Waals surface area (Å²) in [6, 6.07) is 14.5. The van der Waals surface area contributed by atoms with Gasteiger partial charge < -0.3 is 10.4 Å². The smallest absolute Gasteiger partial charge is 0.260 e. The molecule has 2 N–H and O–H groups in total. The average Bonchev–Trinajstić information content (AvgIpc) is 2.74. The first-order valence-electron chi connectivity index (χ1n) is 10.2. The van der Waals surface area contributed by atoms with Crippen LogP contribution in [0.3, 0.4) is 0 Å². The van der Waals surface area contributed by atoms with Gasteiger partial charge in [0.2, 0.25) is 0 Å². The van der Waals surface area contributed by atoms with Crippen LogP contribution in [-0.4, -0.2) is 15.6 Å². The molecule has 2 aromatic carbocycles. The lowest BCUT2D eigenvalue weighted by Gasteiger charge is -2.28. The maximum Gasteiger partial charge on any atom is 0.260 e. The summed E-state index contributed by atoms with van der Waals surface area (Å²) in [5.41, 5.74) is 1.94. The fourth-order valence-corrected chi connectivity index (χ4v) is 4.25. The number of benzene rings is 2. The van der Waals surface area contributed by atoms with Crippen LogP contribution in [0.1, 0.15) is 54.3 Å². The van der Waals surface area contributed by atoms with Crippen LogP contribution in [0.25, 0.3) is 10.8 Å². The third-order valence-electron chi connectivity index (χ3n) is 5.86. The van der Waals surface area contributed by atoms with E-state index in [0.717, 1.165) is 31.2 Å². The molecule has 1 atom stereocenters. The SMILES string of the molecule is Cc1cccc(C(=O)Nc2cccc3c(=O)n(C(O)C4CCCCC4)ccc23)c1. The summed E-state index contributed by atoms with van der Waals surface area (Å²) >= 11 is 0. The van der Waals surface area contributed by atoms with E-state index in [-0.39, 0.29) is 17.4 Å². The molecule has 3 aromatic rings. The van der Waals surface area contributed by atoms with Crippen molar-refractivity contribution in [2.45, 2.75) is 45.3 Å². The number of carbonyl (C=O) groups excluding carboxylic acids is 1. The summed E-state index contributed by atoms with van der Waals surface area (Å²) in [6.07, 6.45) is 6.11. The molecular formula is C24H26N2O3. The average molecular weight is 390 g/mol. The second-order valence-corrected chi connectivity index (χ2v) is 7.93. The number of aromatic nitrogens is 1. The number of aliphatic hydroxyl groups is 1. The number of hydrogen-bond acceptors (Lipinski definition) is 3. The number of anilines is 1. The summed E-state index contributed by atoms with van der Waals surface area (Å²) < 4.78 is 1.43. The lowest BCUT2D eigenvalue weighted by atomic mass is 9.88. The van der Waals surface area contributed by atoms with Crippen molar-refractivity contribution >= 4 is 22.4 Å². The minimum absolute atomic E-state index is 0.114. The Morgan fingerprint density at radius 1 is 1.07 bits per heavy atom. The molecule has 1 aliphatic rings. The van der Waals surface area contributed by atoms with Crippen LogP contribution in [0, 0.1) is 12.8 Å². The van der Waals surface area contributed by atoms with Crippen molar-refractivity contribution in [3.8, 4) is 0 Å². The molecule has 29 heavy (non-hydrogen) atoms. The van der Waals surface area contributed by atoms with E-state index < -0.39 is 6.23 Å². The van der Waals surface area contributed by atoms with Gasteiger partial charge in [0.05, 0.1) is 0 Å². The number of fused-ring (bicyclic) bond motifs is 1. The van der Waals surface area contributed by atoms with Crippen molar-refractivity contribution in [3.63, 3.8) is 0 Å². The highest BCUT2D eigenvalue weighted by molar-refractivity contribution is 6.09.